The molecule has 0 fully saturated rings. The molecule has 0 atom stereocenters. The van der Waals surface area contributed by atoms with Gasteiger partial charge in [0.2, 0.25) is 0 Å². The minimum Gasteiger partial charge on any atom is -0.361 e. The molecule has 0 aliphatic heterocycles. The van der Waals surface area contributed by atoms with Crippen LogP contribution in [0.5, 0.6) is 0 Å². The molecule has 20 heavy (non-hydrogen) atoms. The lowest BCUT2D eigenvalue weighted by atomic mass is 10.1. The number of carbonyl (C=O) groups excluding carboxylic acids is 1. The van der Waals surface area contributed by atoms with Gasteiger partial charge in [0.1, 0.15) is 5.82 Å². The number of carbonyl (C=O) groups is 1. The summed E-state index contributed by atoms with van der Waals surface area (Å²) in [5, 5.41) is 0.862. The van der Waals surface area contributed by atoms with Gasteiger partial charge in [0.25, 0.3) is 5.91 Å². The van der Waals surface area contributed by atoms with E-state index in [9.17, 15) is 9.18 Å². The van der Waals surface area contributed by atoms with Crippen molar-refractivity contribution in [3.05, 3.63) is 66.1 Å². The molecule has 0 saturated carbocycles. The van der Waals surface area contributed by atoms with E-state index in [1.165, 1.54) is 17.0 Å². The van der Waals surface area contributed by atoms with E-state index in [0.717, 1.165) is 10.9 Å². The summed E-state index contributed by atoms with van der Waals surface area (Å²) >= 11 is 0. The topological polar surface area (TPSA) is 36.1 Å². The number of halogens is 1. The highest BCUT2D eigenvalue weighted by Gasteiger charge is 2.16. The Morgan fingerprint density at radius 1 is 1.15 bits per heavy atom. The second kappa shape index (κ2) is 4.81. The zero-order chi connectivity index (χ0) is 14.1. The van der Waals surface area contributed by atoms with E-state index >= 15 is 0 Å². The molecule has 4 heteroatoms. The summed E-state index contributed by atoms with van der Waals surface area (Å²) in [5.74, 6) is -0.525. The van der Waals surface area contributed by atoms with Gasteiger partial charge < -0.3 is 9.88 Å². The predicted molar refractivity (Wildman–Crippen MR) is 77.4 cm³/mol. The molecule has 100 valence electrons. The largest absolute Gasteiger partial charge is 0.361 e. The Labute approximate surface area is 115 Å². The van der Waals surface area contributed by atoms with Gasteiger partial charge in [-0.1, -0.05) is 12.1 Å². The fourth-order valence-electron chi connectivity index (χ4n) is 2.25. The van der Waals surface area contributed by atoms with Crippen molar-refractivity contribution >= 4 is 22.5 Å². The van der Waals surface area contributed by atoms with Gasteiger partial charge in [-0.05, 0) is 36.4 Å². The smallest absolute Gasteiger partial charge is 0.258 e. The van der Waals surface area contributed by atoms with Crippen LogP contribution in [0.3, 0.4) is 0 Å². The van der Waals surface area contributed by atoms with E-state index in [-0.39, 0.29) is 11.7 Å². The number of aromatic nitrogens is 1. The number of anilines is 1. The molecule has 1 amide bonds. The lowest BCUT2D eigenvalue weighted by Crippen LogP contribution is -2.26. The molecular formula is C16H13FN2O. The summed E-state index contributed by atoms with van der Waals surface area (Å²) in [5.41, 5.74) is 2.03. The number of benzene rings is 2. The van der Waals surface area contributed by atoms with Crippen molar-refractivity contribution in [2.24, 2.45) is 0 Å². The van der Waals surface area contributed by atoms with Crippen LogP contribution in [0.4, 0.5) is 10.1 Å². The molecule has 2 aromatic carbocycles. The molecule has 0 saturated heterocycles. The van der Waals surface area contributed by atoms with E-state index < -0.39 is 0 Å². The van der Waals surface area contributed by atoms with E-state index in [4.69, 9.17) is 0 Å². The van der Waals surface area contributed by atoms with Crippen molar-refractivity contribution in [3.63, 3.8) is 0 Å². The minimum absolute atomic E-state index is 0.166. The van der Waals surface area contributed by atoms with Crippen LogP contribution in [0.1, 0.15) is 10.4 Å². The zero-order valence-corrected chi connectivity index (χ0v) is 10.9. The molecule has 0 spiro atoms. The number of amides is 1. The number of nitrogens with one attached hydrogen (secondary N) is 1. The van der Waals surface area contributed by atoms with Gasteiger partial charge in [-0.3, -0.25) is 4.79 Å². The van der Waals surface area contributed by atoms with Gasteiger partial charge in [0, 0.05) is 35.4 Å². The molecule has 0 radical (unpaired) electrons. The monoisotopic (exact) mass is 268 g/mol. The Balaban J connectivity index is 2.02. The fourth-order valence-corrected chi connectivity index (χ4v) is 2.25. The third kappa shape index (κ3) is 2.05. The number of aromatic amines is 1. The second-order valence-electron chi connectivity index (χ2n) is 4.59. The summed E-state index contributed by atoms with van der Waals surface area (Å²) < 4.78 is 13.3. The first-order chi connectivity index (χ1) is 9.66. The highest BCUT2D eigenvalue weighted by atomic mass is 19.1. The molecule has 0 bridgehead atoms. The van der Waals surface area contributed by atoms with Gasteiger partial charge in [0.15, 0.2) is 0 Å². The number of fused-ring (bicyclic) bond motifs is 1. The lowest BCUT2D eigenvalue weighted by molar-refractivity contribution is 0.0994. The third-order valence-corrected chi connectivity index (χ3v) is 3.33. The number of rotatable bonds is 2. The van der Waals surface area contributed by atoms with Crippen LogP contribution in [0, 0.1) is 5.82 Å². The van der Waals surface area contributed by atoms with Gasteiger partial charge in [-0.2, -0.15) is 0 Å². The molecule has 1 heterocycles. The molecule has 0 aliphatic carbocycles. The van der Waals surface area contributed by atoms with Gasteiger partial charge in [-0.15, -0.1) is 0 Å². The molecule has 3 nitrogen and oxygen atoms in total. The van der Waals surface area contributed by atoms with Crippen molar-refractivity contribution in [1.29, 1.82) is 0 Å². The summed E-state index contributed by atoms with van der Waals surface area (Å²) in [6.45, 7) is 0. The first kappa shape index (κ1) is 12.4. The zero-order valence-electron chi connectivity index (χ0n) is 10.9. The number of hydrogen-bond acceptors (Lipinski definition) is 1. The molecule has 3 rings (SSSR count). The Kier molecular flexibility index (Phi) is 2.99. The average molecular weight is 268 g/mol. The molecule has 0 aliphatic rings. The molecular weight excluding hydrogens is 255 g/mol. The quantitative estimate of drug-likeness (QED) is 0.757. The Morgan fingerprint density at radius 3 is 2.75 bits per heavy atom. The maximum absolute atomic E-state index is 13.3. The first-order valence-electron chi connectivity index (χ1n) is 6.26. The Hall–Kier alpha value is -2.62. The van der Waals surface area contributed by atoms with Crippen molar-refractivity contribution < 1.29 is 9.18 Å². The van der Waals surface area contributed by atoms with E-state index in [2.05, 4.69) is 4.98 Å². The number of H-pyrrole nitrogens is 1. The van der Waals surface area contributed by atoms with Crippen LogP contribution in [-0.2, 0) is 0 Å². The SMILES string of the molecule is CN(C(=O)c1cccc2[nH]ccc12)c1cccc(F)c1. The van der Waals surface area contributed by atoms with Crippen molar-refractivity contribution in [1.82, 2.24) is 4.98 Å². The molecule has 1 aromatic heterocycles. The van der Waals surface area contributed by atoms with Crippen molar-refractivity contribution in [2.45, 2.75) is 0 Å². The Bertz CT molecular complexity index is 779. The van der Waals surface area contributed by atoms with Crippen LogP contribution in [0.2, 0.25) is 0 Å². The maximum atomic E-state index is 13.3. The van der Waals surface area contributed by atoms with E-state index in [0.29, 0.717) is 11.3 Å². The molecule has 3 aromatic rings. The van der Waals surface area contributed by atoms with Crippen LogP contribution in [-0.4, -0.2) is 17.9 Å². The normalized spacial score (nSPS) is 10.7. The van der Waals surface area contributed by atoms with E-state index in [1.54, 1.807) is 31.4 Å². The third-order valence-electron chi connectivity index (χ3n) is 3.33. The van der Waals surface area contributed by atoms with Crippen molar-refractivity contribution in [2.75, 3.05) is 11.9 Å². The molecule has 0 unspecified atom stereocenters. The first-order valence-corrected chi connectivity index (χ1v) is 6.26. The summed E-state index contributed by atoms with van der Waals surface area (Å²) in [6, 6.07) is 13.4. The highest BCUT2D eigenvalue weighted by Crippen LogP contribution is 2.22. The fraction of sp³-hybridized carbons (Fsp3) is 0.0625. The number of hydrogen-bond donors (Lipinski definition) is 1. The highest BCUT2D eigenvalue weighted by molar-refractivity contribution is 6.13. The van der Waals surface area contributed by atoms with Crippen LogP contribution in [0.25, 0.3) is 10.9 Å². The standard InChI is InChI=1S/C16H13FN2O/c1-19(12-5-2-4-11(17)10-12)16(20)14-6-3-7-15-13(14)8-9-18-15/h2-10,18H,1H3. The summed E-state index contributed by atoms with van der Waals surface area (Å²) in [6.07, 6.45) is 1.80. The van der Waals surface area contributed by atoms with Crippen molar-refractivity contribution in [3.8, 4) is 0 Å². The molecule has 1 N–H and O–H groups in total. The minimum atomic E-state index is -0.359. The van der Waals surface area contributed by atoms with Gasteiger partial charge in [0.05, 0.1) is 0 Å². The lowest BCUT2D eigenvalue weighted by Gasteiger charge is -2.18. The summed E-state index contributed by atoms with van der Waals surface area (Å²) in [7, 11) is 1.64. The summed E-state index contributed by atoms with van der Waals surface area (Å²) in [4.78, 5) is 17.1. The number of nitrogens with zero attached hydrogens (tertiary/aromatic N) is 1. The Morgan fingerprint density at radius 2 is 1.95 bits per heavy atom. The second-order valence-corrected chi connectivity index (χ2v) is 4.59. The van der Waals surface area contributed by atoms with Crippen LogP contribution in [0.15, 0.2) is 54.7 Å². The van der Waals surface area contributed by atoms with Gasteiger partial charge in [-0.25, -0.2) is 4.39 Å². The predicted octanol–water partition coefficient (Wildman–Crippen LogP) is 3.58. The van der Waals surface area contributed by atoms with E-state index in [1.807, 2.05) is 18.2 Å². The van der Waals surface area contributed by atoms with Crippen LogP contribution < -0.4 is 4.90 Å². The average Bonchev–Trinajstić information content (AvgIpc) is 2.94. The van der Waals surface area contributed by atoms with Crippen LogP contribution >= 0.6 is 0 Å². The van der Waals surface area contributed by atoms with Gasteiger partial charge >= 0.3 is 0 Å². The maximum Gasteiger partial charge on any atom is 0.258 e.